The SMILES string of the molecule is COc1c(C)cccc1[C@@H](N)C(C)C. The summed E-state index contributed by atoms with van der Waals surface area (Å²) in [4.78, 5) is 0. The molecule has 0 heterocycles. The number of hydrogen-bond acceptors (Lipinski definition) is 2. The molecule has 0 spiro atoms. The Morgan fingerprint density at radius 1 is 1.29 bits per heavy atom. The van der Waals surface area contributed by atoms with E-state index in [0.29, 0.717) is 5.92 Å². The minimum Gasteiger partial charge on any atom is -0.496 e. The van der Waals surface area contributed by atoms with E-state index in [4.69, 9.17) is 10.5 Å². The van der Waals surface area contributed by atoms with Gasteiger partial charge in [-0.3, -0.25) is 0 Å². The number of methoxy groups -OCH3 is 1. The van der Waals surface area contributed by atoms with Gasteiger partial charge in [-0.2, -0.15) is 0 Å². The van der Waals surface area contributed by atoms with Crippen molar-refractivity contribution in [3.8, 4) is 5.75 Å². The Hall–Kier alpha value is -1.02. The summed E-state index contributed by atoms with van der Waals surface area (Å²) in [5.74, 6) is 1.35. The fourth-order valence-corrected chi connectivity index (χ4v) is 1.58. The van der Waals surface area contributed by atoms with Crippen molar-refractivity contribution in [2.24, 2.45) is 11.7 Å². The summed E-state index contributed by atoms with van der Waals surface area (Å²) >= 11 is 0. The molecule has 14 heavy (non-hydrogen) atoms. The molecule has 0 aromatic heterocycles. The van der Waals surface area contributed by atoms with Gasteiger partial charge in [-0.15, -0.1) is 0 Å². The highest BCUT2D eigenvalue weighted by molar-refractivity contribution is 5.42. The third-order valence-corrected chi connectivity index (χ3v) is 2.52. The average molecular weight is 193 g/mol. The van der Waals surface area contributed by atoms with Crippen molar-refractivity contribution < 1.29 is 4.74 Å². The van der Waals surface area contributed by atoms with Gasteiger partial charge in [0.15, 0.2) is 0 Å². The predicted molar refractivity (Wildman–Crippen MR) is 59.5 cm³/mol. The van der Waals surface area contributed by atoms with Crippen LogP contribution in [0.5, 0.6) is 5.75 Å². The number of hydrogen-bond donors (Lipinski definition) is 1. The predicted octanol–water partition coefficient (Wildman–Crippen LogP) is 2.66. The van der Waals surface area contributed by atoms with Crippen LogP contribution in [0, 0.1) is 12.8 Å². The Morgan fingerprint density at radius 3 is 2.43 bits per heavy atom. The van der Waals surface area contributed by atoms with Crippen molar-refractivity contribution in [2.75, 3.05) is 7.11 Å². The number of para-hydroxylation sites is 1. The van der Waals surface area contributed by atoms with Gasteiger partial charge in [-0.05, 0) is 18.4 Å². The Balaban J connectivity index is 3.13. The van der Waals surface area contributed by atoms with E-state index < -0.39 is 0 Å². The standard InChI is InChI=1S/C12H19NO/c1-8(2)11(13)10-7-5-6-9(3)12(10)14-4/h5-8,11H,13H2,1-4H3/t11-/m0/s1. The number of benzene rings is 1. The summed E-state index contributed by atoms with van der Waals surface area (Å²) in [5.41, 5.74) is 8.34. The first kappa shape index (κ1) is 11.1. The summed E-state index contributed by atoms with van der Waals surface area (Å²) in [6, 6.07) is 6.14. The lowest BCUT2D eigenvalue weighted by Crippen LogP contribution is -2.17. The maximum absolute atomic E-state index is 6.10. The zero-order valence-electron chi connectivity index (χ0n) is 9.37. The summed E-state index contributed by atoms with van der Waals surface area (Å²) in [6.07, 6.45) is 0. The van der Waals surface area contributed by atoms with Gasteiger partial charge in [0, 0.05) is 11.6 Å². The lowest BCUT2D eigenvalue weighted by molar-refractivity contribution is 0.393. The van der Waals surface area contributed by atoms with Crippen molar-refractivity contribution in [1.29, 1.82) is 0 Å². The van der Waals surface area contributed by atoms with Crippen molar-refractivity contribution in [2.45, 2.75) is 26.8 Å². The minimum atomic E-state index is 0.0462. The first-order valence-corrected chi connectivity index (χ1v) is 4.97. The zero-order valence-corrected chi connectivity index (χ0v) is 9.37. The fraction of sp³-hybridized carbons (Fsp3) is 0.500. The molecule has 0 fully saturated rings. The molecule has 0 aliphatic heterocycles. The van der Waals surface area contributed by atoms with Crippen molar-refractivity contribution in [3.63, 3.8) is 0 Å². The van der Waals surface area contributed by atoms with Gasteiger partial charge in [-0.1, -0.05) is 32.0 Å². The van der Waals surface area contributed by atoms with Crippen LogP contribution in [0.1, 0.15) is 31.0 Å². The molecule has 1 aromatic rings. The van der Waals surface area contributed by atoms with Crippen LogP contribution in [-0.4, -0.2) is 7.11 Å². The number of aryl methyl sites for hydroxylation is 1. The van der Waals surface area contributed by atoms with E-state index in [9.17, 15) is 0 Å². The van der Waals surface area contributed by atoms with Gasteiger partial charge in [0.05, 0.1) is 7.11 Å². The first-order valence-electron chi connectivity index (χ1n) is 4.97. The van der Waals surface area contributed by atoms with Crippen LogP contribution in [0.2, 0.25) is 0 Å². The molecule has 1 rings (SSSR count). The largest absolute Gasteiger partial charge is 0.496 e. The average Bonchev–Trinajstić information content (AvgIpc) is 2.16. The molecular weight excluding hydrogens is 174 g/mol. The molecule has 2 nitrogen and oxygen atoms in total. The molecular formula is C12H19NO. The van der Waals surface area contributed by atoms with Crippen LogP contribution in [0.25, 0.3) is 0 Å². The maximum Gasteiger partial charge on any atom is 0.126 e. The lowest BCUT2D eigenvalue weighted by Gasteiger charge is -2.20. The van der Waals surface area contributed by atoms with Gasteiger partial charge < -0.3 is 10.5 Å². The van der Waals surface area contributed by atoms with Crippen LogP contribution < -0.4 is 10.5 Å². The molecule has 2 heteroatoms. The molecule has 0 aliphatic carbocycles. The highest BCUT2D eigenvalue weighted by atomic mass is 16.5. The van der Waals surface area contributed by atoms with E-state index in [1.54, 1.807) is 7.11 Å². The lowest BCUT2D eigenvalue weighted by atomic mass is 9.95. The van der Waals surface area contributed by atoms with Gasteiger partial charge in [0.2, 0.25) is 0 Å². The Labute approximate surface area is 86.1 Å². The number of rotatable bonds is 3. The second-order valence-electron chi connectivity index (χ2n) is 3.97. The van der Waals surface area contributed by atoms with Crippen LogP contribution in [0.3, 0.4) is 0 Å². The molecule has 0 bridgehead atoms. The van der Waals surface area contributed by atoms with Gasteiger partial charge in [0.1, 0.15) is 5.75 Å². The number of nitrogens with two attached hydrogens (primary N) is 1. The fourth-order valence-electron chi connectivity index (χ4n) is 1.58. The topological polar surface area (TPSA) is 35.2 Å². The van der Waals surface area contributed by atoms with E-state index in [-0.39, 0.29) is 6.04 Å². The Kier molecular flexibility index (Phi) is 3.53. The van der Waals surface area contributed by atoms with Crippen molar-refractivity contribution in [1.82, 2.24) is 0 Å². The third-order valence-electron chi connectivity index (χ3n) is 2.52. The Morgan fingerprint density at radius 2 is 1.93 bits per heavy atom. The van der Waals surface area contributed by atoms with Gasteiger partial charge >= 0.3 is 0 Å². The van der Waals surface area contributed by atoms with Crippen LogP contribution in [0.15, 0.2) is 18.2 Å². The summed E-state index contributed by atoms with van der Waals surface area (Å²) < 4.78 is 5.37. The second kappa shape index (κ2) is 4.47. The van der Waals surface area contributed by atoms with Gasteiger partial charge in [0.25, 0.3) is 0 Å². The maximum atomic E-state index is 6.10. The smallest absolute Gasteiger partial charge is 0.126 e. The third kappa shape index (κ3) is 2.07. The monoisotopic (exact) mass is 193 g/mol. The van der Waals surface area contributed by atoms with E-state index in [2.05, 4.69) is 13.8 Å². The van der Waals surface area contributed by atoms with E-state index in [1.807, 2.05) is 25.1 Å². The molecule has 0 saturated carbocycles. The molecule has 0 unspecified atom stereocenters. The molecule has 1 aromatic carbocycles. The first-order chi connectivity index (χ1) is 6.57. The van der Waals surface area contributed by atoms with Crippen molar-refractivity contribution in [3.05, 3.63) is 29.3 Å². The molecule has 2 N–H and O–H groups in total. The van der Waals surface area contributed by atoms with E-state index in [0.717, 1.165) is 16.9 Å². The van der Waals surface area contributed by atoms with E-state index >= 15 is 0 Å². The molecule has 0 radical (unpaired) electrons. The molecule has 78 valence electrons. The zero-order chi connectivity index (χ0) is 10.7. The van der Waals surface area contributed by atoms with Crippen LogP contribution >= 0.6 is 0 Å². The molecule has 0 amide bonds. The molecule has 1 atom stereocenters. The van der Waals surface area contributed by atoms with E-state index in [1.165, 1.54) is 0 Å². The van der Waals surface area contributed by atoms with Crippen molar-refractivity contribution >= 4 is 0 Å². The Bertz CT molecular complexity index is 307. The normalized spacial score (nSPS) is 13.0. The van der Waals surface area contributed by atoms with Gasteiger partial charge in [-0.25, -0.2) is 0 Å². The summed E-state index contributed by atoms with van der Waals surface area (Å²) in [5, 5.41) is 0. The summed E-state index contributed by atoms with van der Waals surface area (Å²) in [6.45, 7) is 6.27. The number of ether oxygens (including phenoxy) is 1. The molecule has 0 saturated heterocycles. The minimum absolute atomic E-state index is 0.0462. The quantitative estimate of drug-likeness (QED) is 0.801. The summed E-state index contributed by atoms with van der Waals surface area (Å²) in [7, 11) is 1.69. The van der Waals surface area contributed by atoms with Crippen LogP contribution in [0.4, 0.5) is 0 Å². The second-order valence-corrected chi connectivity index (χ2v) is 3.97. The highest BCUT2D eigenvalue weighted by Crippen LogP contribution is 2.30. The van der Waals surface area contributed by atoms with Crippen LogP contribution in [-0.2, 0) is 0 Å². The highest BCUT2D eigenvalue weighted by Gasteiger charge is 2.15. The molecule has 0 aliphatic rings.